The molecule has 2 heterocycles. The lowest BCUT2D eigenvalue weighted by molar-refractivity contribution is 0.249. The Morgan fingerprint density at radius 3 is 2.60 bits per heavy atom. The van der Waals surface area contributed by atoms with Crippen LogP contribution in [0.2, 0.25) is 0 Å². The van der Waals surface area contributed by atoms with Crippen LogP contribution in [0.1, 0.15) is 24.1 Å². The fraction of sp³-hybridized carbons (Fsp3) is 0.300. The zero-order valence-electron chi connectivity index (χ0n) is 14.3. The lowest BCUT2D eigenvalue weighted by Gasteiger charge is -2.15. The van der Waals surface area contributed by atoms with Gasteiger partial charge in [0, 0.05) is 25.0 Å². The highest BCUT2D eigenvalue weighted by atomic mass is 16.2. The molecule has 0 spiro atoms. The monoisotopic (exact) mass is 336 g/mol. The van der Waals surface area contributed by atoms with Gasteiger partial charge in [-0.25, -0.2) is 4.79 Å². The predicted molar refractivity (Wildman–Crippen MR) is 102 cm³/mol. The molecular weight excluding hydrogens is 312 g/mol. The fourth-order valence-electron chi connectivity index (χ4n) is 2.84. The van der Waals surface area contributed by atoms with Crippen LogP contribution in [0.25, 0.3) is 12.2 Å². The number of hydrogen-bond acceptors (Lipinski definition) is 3. The van der Waals surface area contributed by atoms with Crippen LogP contribution < -0.4 is 10.6 Å². The number of pyridine rings is 1. The van der Waals surface area contributed by atoms with Crippen molar-refractivity contribution in [3.05, 3.63) is 59.9 Å². The number of anilines is 1. The average molecular weight is 336 g/mol. The van der Waals surface area contributed by atoms with Gasteiger partial charge in [0.2, 0.25) is 0 Å². The van der Waals surface area contributed by atoms with Gasteiger partial charge < -0.3 is 15.5 Å². The number of likely N-dealkylation sites (tertiary alicyclic amines) is 1. The molecule has 1 aromatic carbocycles. The maximum absolute atomic E-state index is 11.9. The standard InChI is InChI=1S/C20H24N4O/c25-20(22-13-16-24-14-3-4-15-24)23-19-10-7-17(8-11-19)6-9-18-5-1-2-12-21-18/h1-2,5-12H,3-4,13-16H2,(H2,22,23,25)/b9-6+. The maximum atomic E-state index is 11.9. The fourth-order valence-corrected chi connectivity index (χ4v) is 2.84. The van der Waals surface area contributed by atoms with E-state index in [1.807, 2.05) is 54.6 Å². The van der Waals surface area contributed by atoms with Crippen molar-refractivity contribution in [2.45, 2.75) is 12.8 Å². The highest BCUT2D eigenvalue weighted by Gasteiger charge is 2.10. The smallest absolute Gasteiger partial charge is 0.319 e. The van der Waals surface area contributed by atoms with Gasteiger partial charge in [0.15, 0.2) is 0 Å². The van der Waals surface area contributed by atoms with Crippen LogP contribution in [0.5, 0.6) is 0 Å². The van der Waals surface area contributed by atoms with E-state index in [0.717, 1.165) is 36.6 Å². The van der Waals surface area contributed by atoms with Crippen molar-refractivity contribution >= 4 is 23.9 Å². The first kappa shape index (κ1) is 17.2. The Morgan fingerprint density at radius 1 is 1.08 bits per heavy atom. The van der Waals surface area contributed by atoms with Crippen molar-refractivity contribution in [2.24, 2.45) is 0 Å². The molecular formula is C20H24N4O. The number of amides is 2. The minimum Gasteiger partial charge on any atom is -0.337 e. The Balaban J connectivity index is 1.43. The van der Waals surface area contributed by atoms with E-state index in [1.165, 1.54) is 12.8 Å². The molecule has 1 saturated heterocycles. The summed E-state index contributed by atoms with van der Waals surface area (Å²) in [7, 11) is 0. The minimum absolute atomic E-state index is 0.157. The first-order valence-electron chi connectivity index (χ1n) is 8.76. The number of carbonyl (C=O) groups is 1. The van der Waals surface area contributed by atoms with Crippen molar-refractivity contribution < 1.29 is 4.79 Å². The van der Waals surface area contributed by atoms with Crippen molar-refractivity contribution in [1.82, 2.24) is 15.2 Å². The van der Waals surface area contributed by atoms with Crippen LogP contribution in [0.3, 0.4) is 0 Å². The van der Waals surface area contributed by atoms with Gasteiger partial charge in [0.05, 0.1) is 5.69 Å². The minimum atomic E-state index is -0.157. The second-order valence-electron chi connectivity index (χ2n) is 6.14. The Bertz CT molecular complexity index is 691. The van der Waals surface area contributed by atoms with Gasteiger partial charge >= 0.3 is 6.03 Å². The second kappa shape index (κ2) is 8.99. The molecule has 25 heavy (non-hydrogen) atoms. The van der Waals surface area contributed by atoms with E-state index < -0.39 is 0 Å². The molecule has 2 N–H and O–H groups in total. The first-order chi connectivity index (χ1) is 12.3. The quantitative estimate of drug-likeness (QED) is 0.849. The lowest BCUT2D eigenvalue weighted by Crippen LogP contribution is -2.35. The zero-order valence-corrected chi connectivity index (χ0v) is 14.3. The van der Waals surface area contributed by atoms with Crippen molar-refractivity contribution in [3.8, 4) is 0 Å². The van der Waals surface area contributed by atoms with Crippen LogP contribution in [0.4, 0.5) is 10.5 Å². The first-order valence-corrected chi connectivity index (χ1v) is 8.76. The molecule has 130 valence electrons. The summed E-state index contributed by atoms with van der Waals surface area (Å²) in [6.07, 6.45) is 8.28. The van der Waals surface area contributed by atoms with E-state index >= 15 is 0 Å². The number of hydrogen-bond donors (Lipinski definition) is 2. The molecule has 0 saturated carbocycles. The van der Waals surface area contributed by atoms with Gasteiger partial charge in [-0.1, -0.05) is 24.3 Å². The summed E-state index contributed by atoms with van der Waals surface area (Å²) in [6.45, 7) is 3.90. The number of carbonyl (C=O) groups excluding carboxylic acids is 1. The summed E-state index contributed by atoms with van der Waals surface area (Å²) >= 11 is 0. The molecule has 1 fully saturated rings. The topological polar surface area (TPSA) is 57.3 Å². The van der Waals surface area contributed by atoms with Gasteiger partial charge in [-0.3, -0.25) is 4.98 Å². The molecule has 5 heteroatoms. The molecule has 0 radical (unpaired) electrons. The third-order valence-electron chi connectivity index (χ3n) is 4.22. The van der Waals surface area contributed by atoms with Gasteiger partial charge in [-0.2, -0.15) is 0 Å². The number of nitrogens with zero attached hydrogens (tertiary/aromatic N) is 2. The second-order valence-corrected chi connectivity index (χ2v) is 6.14. The van der Waals surface area contributed by atoms with E-state index in [4.69, 9.17) is 0 Å². The summed E-state index contributed by atoms with van der Waals surface area (Å²) < 4.78 is 0. The zero-order chi connectivity index (χ0) is 17.3. The van der Waals surface area contributed by atoms with Gasteiger partial charge in [0.1, 0.15) is 0 Å². The van der Waals surface area contributed by atoms with Crippen molar-refractivity contribution in [3.63, 3.8) is 0 Å². The van der Waals surface area contributed by atoms with Crippen LogP contribution >= 0.6 is 0 Å². The summed E-state index contributed by atoms with van der Waals surface area (Å²) in [4.78, 5) is 18.5. The maximum Gasteiger partial charge on any atom is 0.319 e. The third-order valence-corrected chi connectivity index (χ3v) is 4.22. The third kappa shape index (κ3) is 5.72. The lowest BCUT2D eigenvalue weighted by atomic mass is 10.2. The highest BCUT2D eigenvalue weighted by Crippen LogP contribution is 2.12. The Kier molecular flexibility index (Phi) is 6.17. The normalized spacial score (nSPS) is 14.7. The van der Waals surface area contributed by atoms with Gasteiger partial charge in [-0.15, -0.1) is 0 Å². The summed E-state index contributed by atoms with van der Waals surface area (Å²) in [5.74, 6) is 0. The van der Waals surface area contributed by atoms with Crippen molar-refractivity contribution in [1.29, 1.82) is 0 Å². The highest BCUT2D eigenvalue weighted by molar-refractivity contribution is 5.89. The molecule has 0 bridgehead atoms. The van der Waals surface area contributed by atoms with Crippen molar-refractivity contribution in [2.75, 3.05) is 31.5 Å². The van der Waals surface area contributed by atoms with Gasteiger partial charge in [-0.05, 0) is 61.8 Å². The molecule has 1 aromatic heterocycles. The molecule has 0 atom stereocenters. The summed E-state index contributed by atoms with van der Waals surface area (Å²) in [5.41, 5.74) is 2.77. The van der Waals surface area contributed by atoms with E-state index in [0.29, 0.717) is 6.54 Å². The SMILES string of the molecule is O=C(NCCN1CCCC1)Nc1ccc(/C=C/c2ccccn2)cc1. The number of urea groups is 1. The molecule has 1 aliphatic heterocycles. The molecule has 2 aromatic rings. The van der Waals surface area contributed by atoms with Gasteiger partial charge in [0.25, 0.3) is 0 Å². The molecule has 5 nitrogen and oxygen atoms in total. The molecule has 3 rings (SSSR count). The Labute approximate surface area is 148 Å². The molecule has 2 amide bonds. The van der Waals surface area contributed by atoms with Crippen LogP contribution in [0, 0.1) is 0 Å². The summed E-state index contributed by atoms with van der Waals surface area (Å²) in [6, 6.07) is 13.4. The number of rotatable bonds is 6. The van der Waals surface area contributed by atoms with Crippen LogP contribution in [0.15, 0.2) is 48.7 Å². The Hall–Kier alpha value is -2.66. The van der Waals surface area contributed by atoms with Crippen LogP contribution in [-0.4, -0.2) is 42.1 Å². The van der Waals surface area contributed by atoms with Crippen LogP contribution in [-0.2, 0) is 0 Å². The number of benzene rings is 1. The Morgan fingerprint density at radius 2 is 1.88 bits per heavy atom. The molecule has 0 unspecified atom stereocenters. The largest absolute Gasteiger partial charge is 0.337 e. The predicted octanol–water partition coefficient (Wildman–Crippen LogP) is 3.47. The van der Waals surface area contributed by atoms with E-state index in [1.54, 1.807) is 6.20 Å². The number of aromatic nitrogens is 1. The van der Waals surface area contributed by atoms with E-state index in [2.05, 4.69) is 20.5 Å². The average Bonchev–Trinajstić information content (AvgIpc) is 3.15. The van der Waals surface area contributed by atoms with E-state index in [9.17, 15) is 4.79 Å². The molecule has 0 aliphatic carbocycles. The van der Waals surface area contributed by atoms with E-state index in [-0.39, 0.29) is 6.03 Å². The summed E-state index contributed by atoms with van der Waals surface area (Å²) in [5, 5.41) is 5.77. The number of nitrogens with one attached hydrogen (secondary N) is 2. The molecule has 1 aliphatic rings.